The monoisotopic (exact) mass is 220 g/mol. The fraction of sp³-hybridized carbons (Fsp3) is 0.900. The average Bonchev–Trinajstić information content (AvgIpc) is 2.56. The van der Waals surface area contributed by atoms with Gasteiger partial charge in [-0.05, 0) is 25.7 Å². The van der Waals surface area contributed by atoms with Crippen LogP contribution in [0.25, 0.3) is 0 Å². The quantitative estimate of drug-likeness (QED) is 0.541. The standard InChI is InChI=1S/C10H17ClO3/c1-7(2)9(11)14-10(12)13-8-5-3-4-6-8/h7-9H,3-6H2,1-2H3. The van der Waals surface area contributed by atoms with Gasteiger partial charge in [-0.25, -0.2) is 4.79 Å². The van der Waals surface area contributed by atoms with Crippen molar-refractivity contribution in [2.24, 2.45) is 5.92 Å². The maximum atomic E-state index is 11.2. The molecule has 0 aromatic heterocycles. The van der Waals surface area contributed by atoms with E-state index in [9.17, 15) is 4.79 Å². The predicted molar refractivity (Wildman–Crippen MR) is 54.3 cm³/mol. The van der Waals surface area contributed by atoms with E-state index in [0.29, 0.717) is 0 Å². The second-order valence-electron chi connectivity index (χ2n) is 3.99. The summed E-state index contributed by atoms with van der Waals surface area (Å²) in [5.74, 6) is 0.104. The molecular formula is C10H17ClO3. The molecule has 0 spiro atoms. The van der Waals surface area contributed by atoms with Crippen molar-refractivity contribution >= 4 is 17.8 Å². The van der Waals surface area contributed by atoms with Gasteiger partial charge in [-0.15, -0.1) is 0 Å². The lowest BCUT2D eigenvalue weighted by Crippen LogP contribution is -2.22. The highest BCUT2D eigenvalue weighted by Crippen LogP contribution is 2.22. The summed E-state index contributed by atoms with van der Waals surface area (Å²) < 4.78 is 9.96. The molecule has 1 fully saturated rings. The molecule has 0 aliphatic heterocycles. The van der Waals surface area contributed by atoms with Gasteiger partial charge in [0.05, 0.1) is 0 Å². The lowest BCUT2D eigenvalue weighted by molar-refractivity contribution is 0.00976. The van der Waals surface area contributed by atoms with E-state index in [1.54, 1.807) is 0 Å². The first kappa shape index (κ1) is 11.6. The van der Waals surface area contributed by atoms with Crippen LogP contribution >= 0.6 is 11.6 Å². The second-order valence-corrected chi connectivity index (χ2v) is 4.42. The third kappa shape index (κ3) is 3.74. The molecule has 0 radical (unpaired) electrons. The SMILES string of the molecule is CC(C)C(Cl)OC(=O)OC1CCCC1. The summed E-state index contributed by atoms with van der Waals surface area (Å²) in [5.41, 5.74) is -0.594. The zero-order chi connectivity index (χ0) is 10.6. The molecule has 1 aliphatic rings. The first-order chi connectivity index (χ1) is 6.59. The number of carbonyl (C=O) groups excluding carboxylic acids is 1. The van der Waals surface area contributed by atoms with Crippen molar-refractivity contribution in [2.75, 3.05) is 0 Å². The largest absolute Gasteiger partial charge is 0.510 e. The summed E-state index contributed by atoms with van der Waals surface area (Å²) in [6.07, 6.45) is 3.57. The van der Waals surface area contributed by atoms with Crippen LogP contribution in [-0.4, -0.2) is 17.8 Å². The molecule has 1 saturated carbocycles. The molecule has 0 aromatic carbocycles. The van der Waals surface area contributed by atoms with Gasteiger partial charge in [0.15, 0.2) is 5.56 Å². The third-order valence-electron chi connectivity index (χ3n) is 2.30. The number of alkyl halides is 1. The summed E-state index contributed by atoms with van der Waals surface area (Å²) in [6, 6.07) is 0. The molecule has 1 aliphatic carbocycles. The minimum absolute atomic E-state index is 0.0403. The lowest BCUT2D eigenvalue weighted by Gasteiger charge is -2.16. The van der Waals surface area contributed by atoms with Gasteiger partial charge in [0, 0.05) is 5.92 Å². The Morgan fingerprint density at radius 3 is 2.43 bits per heavy atom. The first-order valence-corrected chi connectivity index (χ1v) is 5.54. The first-order valence-electron chi connectivity index (χ1n) is 5.11. The summed E-state index contributed by atoms with van der Waals surface area (Å²) in [6.45, 7) is 3.78. The van der Waals surface area contributed by atoms with Crippen molar-refractivity contribution in [2.45, 2.75) is 51.2 Å². The number of halogens is 1. The molecule has 0 N–H and O–H groups in total. The lowest BCUT2D eigenvalue weighted by atomic mass is 10.2. The summed E-state index contributed by atoms with van der Waals surface area (Å²) in [4.78, 5) is 11.2. The Hall–Kier alpha value is -0.440. The smallest absolute Gasteiger partial charge is 0.431 e. The number of hydrogen-bond acceptors (Lipinski definition) is 3. The van der Waals surface area contributed by atoms with Gasteiger partial charge in [-0.2, -0.15) is 0 Å². The van der Waals surface area contributed by atoms with Crippen molar-refractivity contribution in [3.63, 3.8) is 0 Å². The molecule has 1 atom stereocenters. The van der Waals surface area contributed by atoms with Crippen LogP contribution in [0.2, 0.25) is 0 Å². The van der Waals surface area contributed by atoms with Crippen molar-refractivity contribution < 1.29 is 14.3 Å². The van der Waals surface area contributed by atoms with Gasteiger partial charge in [-0.3, -0.25) is 0 Å². The summed E-state index contributed by atoms with van der Waals surface area (Å²) >= 11 is 5.77. The fourth-order valence-corrected chi connectivity index (χ4v) is 1.47. The Balaban J connectivity index is 2.21. The second kappa shape index (κ2) is 5.44. The minimum Gasteiger partial charge on any atom is -0.431 e. The maximum Gasteiger partial charge on any atom is 0.510 e. The molecule has 0 aromatic rings. The van der Waals surface area contributed by atoms with Crippen LogP contribution in [0, 0.1) is 5.92 Å². The number of rotatable bonds is 3. The van der Waals surface area contributed by atoms with Gasteiger partial charge in [0.25, 0.3) is 0 Å². The van der Waals surface area contributed by atoms with E-state index in [1.807, 2.05) is 13.8 Å². The Morgan fingerprint density at radius 2 is 1.93 bits per heavy atom. The van der Waals surface area contributed by atoms with Crippen LogP contribution in [0.3, 0.4) is 0 Å². The molecule has 0 heterocycles. The topological polar surface area (TPSA) is 35.5 Å². The summed E-state index contributed by atoms with van der Waals surface area (Å²) in [5, 5.41) is 0. The van der Waals surface area contributed by atoms with Crippen molar-refractivity contribution in [1.29, 1.82) is 0 Å². The van der Waals surface area contributed by atoms with Crippen LogP contribution in [0.15, 0.2) is 0 Å². The Labute approximate surface area is 89.7 Å². The van der Waals surface area contributed by atoms with Crippen LogP contribution in [0.1, 0.15) is 39.5 Å². The molecule has 0 amide bonds. The molecule has 82 valence electrons. The van der Waals surface area contributed by atoms with Crippen LogP contribution in [0.5, 0.6) is 0 Å². The van der Waals surface area contributed by atoms with E-state index in [2.05, 4.69) is 0 Å². The molecule has 0 saturated heterocycles. The molecule has 0 bridgehead atoms. The van der Waals surface area contributed by atoms with E-state index in [0.717, 1.165) is 25.7 Å². The highest BCUT2D eigenvalue weighted by atomic mass is 35.5. The van der Waals surface area contributed by atoms with Crippen LogP contribution < -0.4 is 0 Å². The molecule has 1 rings (SSSR count). The Kier molecular flexibility index (Phi) is 4.52. The number of hydrogen-bond donors (Lipinski definition) is 0. The molecule has 3 nitrogen and oxygen atoms in total. The van der Waals surface area contributed by atoms with Crippen molar-refractivity contribution in [3.8, 4) is 0 Å². The van der Waals surface area contributed by atoms with E-state index in [1.165, 1.54) is 0 Å². The highest BCUT2D eigenvalue weighted by molar-refractivity contribution is 6.20. The normalized spacial score (nSPS) is 19.7. The van der Waals surface area contributed by atoms with Gasteiger partial charge >= 0.3 is 6.16 Å². The van der Waals surface area contributed by atoms with Crippen LogP contribution in [0.4, 0.5) is 4.79 Å². The summed E-state index contributed by atoms with van der Waals surface area (Å²) in [7, 11) is 0. The minimum atomic E-state index is -0.634. The maximum absolute atomic E-state index is 11.2. The Bertz CT molecular complexity index is 182. The van der Waals surface area contributed by atoms with E-state index in [4.69, 9.17) is 21.1 Å². The third-order valence-corrected chi connectivity index (χ3v) is 2.89. The Morgan fingerprint density at radius 1 is 1.36 bits per heavy atom. The van der Waals surface area contributed by atoms with Crippen molar-refractivity contribution in [3.05, 3.63) is 0 Å². The zero-order valence-electron chi connectivity index (χ0n) is 8.66. The van der Waals surface area contributed by atoms with Crippen LogP contribution in [-0.2, 0) is 9.47 Å². The van der Waals surface area contributed by atoms with Gasteiger partial charge < -0.3 is 9.47 Å². The predicted octanol–water partition coefficient (Wildman–Crippen LogP) is 3.30. The number of carbonyl (C=O) groups is 1. The van der Waals surface area contributed by atoms with Gasteiger partial charge in [0.1, 0.15) is 6.10 Å². The zero-order valence-corrected chi connectivity index (χ0v) is 9.42. The average molecular weight is 221 g/mol. The molecule has 4 heteroatoms. The van der Waals surface area contributed by atoms with Gasteiger partial charge in [-0.1, -0.05) is 25.4 Å². The van der Waals surface area contributed by atoms with Crippen molar-refractivity contribution in [1.82, 2.24) is 0 Å². The van der Waals surface area contributed by atoms with E-state index in [-0.39, 0.29) is 12.0 Å². The molecule has 1 unspecified atom stereocenters. The highest BCUT2D eigenvalue weighted by Gasteiger charge is 2.22. The van der Waals surface area contributed by atoms with E-state index < -0.39 is 11.7 Å². The van der Waals surface area contributed by atoms with E-state index >= 15 is 0 Å². The molecular weight excluding hydrogens is 204 g/mol. The fourth-order valence-electron chi connectivity index (χ4n) is 1.40. The van der Waals surface area contributed by atoms with Gasteiger partial charge in [0.2, 0.25) is 0 Å². The number of ether oxygens (including phenoxy) is 2. The molecule has 14 heavy (non-hydrogen) atoms.